The molecule has 0 amide bonds. The van der Waals surface area contributed by atoms with Gasteiger partial charge in [-0.25, -0.2) is 9.07 Å². The van der Waals surface area contributed by atoms with Gasteiger partial charge >= 0.3 is 0 Å². The van der Waals surface area contributed by atoms with E-state index in [1.54, 1.807) is 11.3 Å². The number of thiophene rings is 1. The number of hydrogen-bond donors (Lipinski definition) is 0. The van der Waals surface area contributed by atoms with Gasteiger partial charge in [0.05, 0.1) is 12.6 Å². The van der Waals surface area contributed by atoms with Crippen molar-refractivity contribution in [2.75, 3.05) is 31.1 Å². The van der Waals surface area contributed by atoms with Crippen LogP contribution in [-0.4, -0.2) is 51.3 Å². The lowest BCUT2D eigenvalue weighted by atomic mass is 10.0. The van der Waals surface area contributed by atoms with E-state index in [4.69, 9.17) is 0 Å². The third-order valence-corrected chi connectivity index (χ3v) is 6.82. The molecule has 1 saturated heterocycles. The van der Waals surface area contributed by atoms with Crippen molar-refractivity contribution in [2.24, 2.45) is 0 Å². The van der Waals surface area contributed by atoms with E-state index in [2.05, 4.69) is 74.0 Å². The van der Waals surface area contributed by atoms with Gasteiger partial charge in [-0.05, 0) is 58.6 Å². The lowest BCUT2D eigenvalue weighted by Crippen LogP contribution is -2.48. The Hall–Kier alpha value is -3.10. The van der Waals surface area contributed by atoms with Crippen LogP contribution < -0.4 is 4.90 Å². The number of rotatable bonds is 6. The summed E-state index contributed by atoms with van der Waals surface area (Å²) in [6.07, 6.45) is 0. The second kappa shape index (κ2) is 9.18. The molecule has 4 aromatic rings. The van der Waals surface area contributed by atoms with Crippen molar-refractivity contribution >= 4 is 17.0 Å². The monoisotopic (exact) mass is 448 g/mol. The number of aryl methyl sites for hydroxylation is 1. The SMILES string of the molecule is Cc1ccc(C(c2nnnn2Cc2cccs2)N2CCN(c3ccc(F)cc3)CC2)cc1. The fourth-order valence-electron chi connectivity index (χ4n) is 4.23. The lowest BCUT2D eigenvalue weighted by Gasteiger charge is -2.40. The molecule has 0 spiro atoms. The number of benzene rings is 2. The molecule has 0 N–H and O–H groups in total. The van der Waals surface area contributed by atoms with Crippen molar-refractivity contribution in [1.29, 1.82) is 0 Å². The predicted octanol–water partition coefficient (Wildman–Crippen LogP) is 4.14. The summed E-state index contributed by atoms with van der Waals surface area (Å²) in [4.78, 5) is 5.97. The molecule has 1 fully saturated rings. The van der Waals surface area contributed by atoms with E-state index in [9.17, 15) is 4.39 Å². The molecular weight excluding hydrogens is 423 g/mol. The van der Waals surface area contributed by atoms with E-state index >= 15 is 0 Å². The molecule has 164 valence electrons. The maximum Gasteiger partial charge on any atom is 0.173 e. The van der Waals surface area contributed by atoms with Crippen molar-refractivity contribution in [3.8, 4) is 0 Å². The molecule has 1 aliphatic heterocycles. The Morgan fingerprint density at radius 2 is 1.72 bits per heavy atom. The van der Waals surface area contributed by atoms with Gasteiger partial charge in [-0.3, -0.25) is 4.90 Å². The van der Waals surface area contributed by atoms with Crippen LogP contribution in [0.2, 0.25) is 0 Å². The maximum atomic E-state index is 13.3. The zero-order chi connectivity index (χ0) is 21.9. The Morgan fingerprint density at radius 3 is 2.41 bits per heavy atom. The number of aromatic nitrogens is 4. The van der Waals surface area contributed by atoms with E-state index in [1.807, 2.05) is 16.8 Å². The Labute approximate surface area is 190 Å². The molecule has 0 radical (unpaired) electrons. The summed E-state index contributed by atoms with van der Waals surface area (Å²) < 4.78 is 15.2. The average Bonchev–Trinajstić information content (AvgIpc) is 3.49. The molecule has 1 aliphatic rings. The highest BCUT2D eigenvalue weighted by molar-refractivity contribution is 7.09. The molecule has 0 saturated carbocycles. The molecule has 6 nitrogen and oxygen atoms in total. The second-order valence-electron chi connectivity index (χ2n) is 8.09. The summed E-state index contributed by atoms with van der Waals surface area (Å²) >= 11 is 1.71. The quantitative estimate of drug-likeness (QED) is 0.444. The number of piperazine rings is 1. The van der Waals surface area contributed by atoms with Gasteiger partial charge in [0.1, 0.15) is 5.82 Å². The molecule has 2 aromatic carbocycles. The van der Waals surface area contributed by atoms with Crippen molar-refractivity contribution < 1.29 is 4.39 Å². The molecule has 3 heterocycles. The number of halogens is 1. The summed E-state index contributed by atoms with van der Waals surface area (Å²) in [6, 6.07) is 19.5. The average molecular weight is 449 g/mol. The number of anilines is 1. The van der Waals surface area contributed by atoms with E-state index < -0.39 is 0 Å². The van der Waals surface area contributed by atoms with Crippen LogP contribution >= 0.6 is 11.3 Å². The van der Waals surface area contributed by atoms with Crippen LogP contribution in [-0.2, 0) is 6.54 Å². The van der Waals surface area contributed by atoms with Gasteiger partial charge in [0.25, 0.3) is 0 Å². The largest absolute Gasteiger partial charge is 0.369 e. The molecule has 1 atom stereocenters. The normalized spacial score (nSPS) is 15.8. The van der Waals surface area contributed by atoms with Gasteiger partial charge in [-0.2, -0.15) is 0 Å². The van der Waals surface area contributed by atoms with Gasteiger partial charge in [-0.1, -0.05) is 35.9 Å². The minimum atomic E-state index is -0.204. The topological polar surface area (TPSA) is 50.1 Å². The highest BCUT2D eigenvalue weighted by Gasteiger charge is 2.30. The summed E-state index contributed by atoms with van der Waals surface area (Å²) in [5.74, 6) is 0.655. The van der Waals surface area contributed by atoms with Crippen molar-refractivity contribution in [3.63, 3.8) is 0 Å². The second-order valence-corrected chi connectivity index (χ2v) is 9.12. The van der Waals surface area contributed by atoms with Gasteiger partial charge in [0, 0.05) is 36.7 Å². The van der Waals surface area contributed by atoms with E-state index in [0.29, 0.717) is 6.54 Å². The Bertz CT molecular complexity index is 1130. The first-order valence-electron chi connectivity index (χ1n) is 10.8. The van der Waals surface area contributed by atoms with E-state index in [0.717, 1.165) is 37.7 Å². The molecule has 5 rings (SSSR count). The summed E-state index contributed by atoms with van der Waals surface area (Å²) in [6.45, 7) is 6.21. The van der Waals surface area contributed by atoms with Gasteiger partial charge < -0.3 is 4.90 Å². The number of hydrogen-bond acceptors (Lipinski definition) is 6. The Balaban J connectivity index is 1.41. The molecule has 8 heteroatoms. The lowest BCUT2D eigenvalue weighted by molar-refractivity contribution is 0.201. The predicted molar refractivity (Wildman–Crippen MR) is 124 cm³/mol. The van der Waals surface area contributed by atoms with Crippen LogP contribution in [0.15, 0.2) is 66.0 Å². The maximum absolute atomic E-state index is 13.3. The highest BCUT2D eigenvalue weighted by atomic mass is 32.1. The number of tetrazole rings is 1. The standard InChI is InChI=1S/C24H25FN6S/c1-18-4-6-19(7-5-18)23(24-26-27-28-31(24)17-22-3-2-16-32-22)30-14-12-29(13-15-30)21-10-8-20(25)9-11-21/h2-11,16,23H,12-15,17H2,1H3. The van der Waals surface area contributed by atoms with Crippen molar-refractivity contribution in [2.45, 2.75) is 19.5 Å². The van der Waals surface area contributed by atoms with Crippen LogP contribution in [0.1, 0.15) is 27.9 Å². The van der Waals surface area contributed by atoms with Gasteiger partial charge in [-0.15, -0.1) is 16.4 Å². The molecule has 1 unspecified atom stereocenters. The van der Waals surface area contributed by atoms with Crippen LogP contribution in [0.25, 0.3) is 0 Å². The van der Waals surface area contributed by atoms with Gasteiger partial charge in [0.15, 0.2) is 5.82 Å². The summed E-state index contributed by atoms with van der Waals surface area (Å²) in [7, 11) is 0. The zero-order valence-corrected chi connectivity index (χ0v) is 18.7. The minimum Gasteiger partial charge on any atom is -0.369 e. The summed E-state index contributed by atoms with van der Waals surface area (Å²) in [5.41, 5.74) is 3.47. The summed E-state index contributed by atoms with van der Waals surface area (Å²) in [5, 5.41) is 14.9. The van der Waals surface area contributed by atoms with Crippen LogP contribution in [0, 0.1) is 12.7 Å². The van der Waals surface area contributed by atoms with Crippen LogP contribution in [0.3, 0.4) is 0 Å². The molecular formula is C24H25FN6S. The first-order valence-corrected chi connectivity index (χ1v) is 11.6. The van der Waals surface area contributed by atoms with Crippen LogP contribution in [0.4, 0.5) is 10.1 Å². The number of nitrogens with zero attached hydrogens (tertiary/aromatic N) is 6. The fraction of sp³-hybridized carbons (Fsp3) is 0.292. The highest BCUT2D eigenvalue weighted by Crippen LogP contribution is 2.30. The van der Waals surface area contributed by atoms with Crippen LogP contribution in [0.5, 0.6) is 0 Å². The van der Waals surface area contributed by atoms with Gasteiger partial charge in [0.2, 0.25) is 0 Å². The zero-order valence-electron chi connectivity index (χ0n) is 17.9. The smallest absolute Gasteiger partial charge is 0.173 e. The molecule has 0 aliphatic carbocycles. The molecule has 0 bridgehead atoms. The third kappa shape index (κ3) is 4.42. The Morgan fingerprint density at radius 1 is 0.969 bits per heavy atom. The van der Waals surface area contributed by atoms with E-state index in [-0.39, 0.29) is 11.9 Å². The van der Waals surface area contributed by atoms with E-state index in [1.165, 1.54) is 28.1 Å². The molecule has 32 heavy (non-hydrogen) atoms. The Kier molecular flexibility index (Phi) is 5.96. The first kappa shape index (κ1) is 20.8. The van der Waals surface area contributed by atoms with Crippen molar-refractivity contribution in [3.05, 3.63) is 93.7 Å². The minimum absolute atomic E-state index is 0.0269. The molecule has 2 aromatic heterocycles. The first-order chi connectivity index (χ1) is 15.7. The fourth-order valence-corrected chi connectivity index (χ4v) is 4.92. The third-order valence-electron chi connectivity index (χ3n) is 5.95. The van der Waals surface area contributed by atoms with Crippen molar-refractivity contribution in [1.82, 2.24) is 25.1 Å².